The van der Waals surface area contributed by atoms with Gasteiger partial charge in [0.05, 0.1) is 18.7 Å². The summed E-state index contributed by atoms with van der Waals surface area (Å²) in [7, 11) is 1.29. The Balaban J connectivity index is 2.36. The standard InChI is InChI=1S/C25H29F6NO2/c1-17(2)6-11-21(5-4-13-24(26,27)28)32-14-12-18(16-23(33)34-3)15-22(32)19-7-9-20(10-8-19)25(29,30)31/h7-10,18,21-22H,1,4-5,12-16H2,2-3H3/t18-,21+,22+/m1/s1. The number of carbonyl (C=O) groups excluding carboxylic acids is 1. The number of benzene rings is 1. The van der Waals surface area contributed by atoms with Crippen molar-refractivity contribution in [3.05, 3.63) is 47.5 Å². The van der Waals surface area contributed by atoms with Crippen molar-refractivity contribution in [3.63, 3.8) is 0 Å². The molecule has 0 bridgehead atoms. The molecule has 0 N–H and O–H groups in total. The molecule has 0 unspecified atom stereocenters. The first-order valence-electron chi connectivity index (χ1n) is 11.0. The van der Waals surface area contributed by atoms with Crippen molar-refractivity contribution < 1.29 is 35.9 Å². The Morgan fingerprint density at radius 1 is 1.21 bits per heavy atom. The second kappa shape index (κ2) is 11.8. The Morgan fingerprint density at radius 2 is 1.85 bits per heavy atom. The molecular formula is C25H29F6NO2. The maximum absolute atomic E-state index is 13.0. The molecule has 1 aromatic carbocycles. The van der Waals surface area contributed by atoms with E-state index in [1.54, 1.807) is 6.92 Å². The molecule has 1 saturated heterocycles. The number of hydrogen-bond acceptors (Lipinski definition) is 3. The van der Waals surface area contributed by atoms with Crippen LogP contribution in [0.4, 0.5) is 26.3 Å². The van der Waals surface area contributed by atoms with Gasteiger partial charge in [0.25, 0.3) is 0 Å². The van der Waals surface area contributed by atoms with Crippen LogP contribution in [0.25, 0.3) is 0 Å². The minimum absolute atomic E-state index is 0.0686. The molecule has 3 atom stereocenters. The fourth-order valence-electron chi connectivity index (χ4n) is 4.18. The van der Waals surface area contributed by atoms with Crippen LogP contribution in [0.15, 0.2) is 36.4 Å². The molecule has 34 heavy (non-hydrogen) atoms. The normalized spacial score (nSPS) is 20.2. The number of piperidine rings is 1. The summed E-state index contributed by atoms with van der Waals surface area (Å²) in [6, 6.07) is 3.83. The number of ether oxygens (including phenoxy) is 1. The number of hydrogen-bond donors (Lipinski definition) is 0. The minimum Gasteiger partial charge on any atom is -0.469 e. The Bertz CT molecular complexity index is 895. The highest BCUT2D eigenvalue weighted by Crippen LogP contribution is 2.39. The average Bonchev–Trinajstić information content (AvgIpc) is 2.74. The third-order valence-corrected chi connectivity index (χ3v) is 5.85. The fourth-order valence-corrected chi connectivity index (χ4v) is 4.18. The summed E-state index contributed by atoms with van der Waals surface area (Å²) >= 11 is 0. The summed E-state index contributed by atoms with van der Waals surface area (Å²) in [6.45, 7) is 5.86. The van der Waals surface area contributed by atoms with E-state index in [-0.39, 0.29) is 31.1 Å². The number of nitrogens with zero attached hydrogens (tertiary/aromatic N) is 1. The molecule has 188 valence electrons. The molecule has 1 aliphatic heterocycles. The first-order chi connectivity index (χ1) is 15.8. The molecule has 0 spiro atoms. The highest BCUT2D eigenvalue weighted by atomic mass is 19.4. The molecule has 3 nitrogen and oxygen atoms in total. The van der Waals surface area contributed by atoms with E-state index in [4.69, 9.17) is 4.74 Å². The Morgan fingerprint density at radius 3 is 2.38 bits per heavy atom. The van der Waals surface area contributed by atoms with Crippen LogP contribution in [0.2, 0.25) is 0 Å². The molecule has 1 aromatic rings. The van der Waals surface area contributed by atoms with Gasteiger partial charge in [-0.15, -0.1) is 0 Å². The van der Waals surface area contributed by atoms with E-state index in [1.807, 2.05) is 4.90 Å². The van der Waals surface area contributed by atoms with E-state index in [0.717, 1.165) is 12.1 Å². The van der Waals surface area contributed by atoms with Crippen LogP contribution >= 0.6 is 0 Å². The number of allylic oxidation sites excluding steroid dienone is 1. The van der Waals surface area contributed by atoms with Crippen LogP contribution in [0.1, 0.15) is 62.6 Å². The van der Waals surface area contributed by atoms with Crippen LogP contribution in [0.5, 0.6) is 0 Å². The van der Waals surface area contributed by atoms with Gasteiger partial charge in [0.15, 0.2) is 0 Å². The largest absolute Gasteiger partial charge is 0.469 e. The lowest BCUT2D eigenvalue weighted by Crippen LogP contribution is -2.43. The molecule has 9 heteroatoms. The summed E-state index contributed by atoms with van der Waals surface area (Å²) in [6.07, 6.45) is -8.47. The highest BCUT2D eigenvalue weighted by Gasteiger charge is 2.36. The molecule has 0 aromatic heterocycles. The van der Waals surface area contributed by atoms with Gasteiger partial charge in [-0.05, 0) is 61.8 Å². The maximum atomic E-state index is 13.0. The van der Waals surface area contributed by atoms with Crippen molar-refractivity contribution in [2.75, 3.05) is 13.7 Å². The predicted octanol–water partition coefficient (Wildman–Crippen LogP) is 6.70. The zero-order chi connectivity index (χ0) is 25.5. The first-order valence-corrected chi connectivity index (χ1v) is 11.0. The second-order valence-electron chi connectivity index (χ2n) is 8.62. The zero-order valence-electron chi connectivity index (χ0n) is 19.2. The summed E-state index contributed by atoms with van der Waals surface area (Å²) in [4.78, 5) is 13.8. The van der Waals surface area contributed by atoms with E-state index in [1.165, 1.54) is 19.2 Å². The van der Waals surface area contributed by atoms with Crippen molar-refractivity contribution in [1.29, 1.82) is 0 Å². The predicted molar refractivity (Wildman–Crippen MR) is 117 cm³/mol. The maximum Gasteiger partial charge on any atom is 0.416 e. The van der Waals surface area contributed by atoms with Gasteiger partial charge < -0.3 is 4.74 Å². The number of rotatable bonds is 7. The summed E-state index contributed by atoms with van der Waals surface area (Å²) in [5, 5.41) is 0. The van der Waals surface area contributed by atoms with E-state index in [9.17, 15) is 31.1 Å². The highest BCUT2D eigenvalue weighted by molar-refractivity contribution is 5.69. The number of likely N-dealkylation sites (tertiary alicyclic amines) is 1. The fraction of sp³-hybridized carbons (Fsp3) is 0.560. The molecule has 0 amide bonds. The van der Waals surface area contributed by atoms with E-state index in [2.05, 4.69) is 18.4 Å². The third-order valence-electron chi connectivity index (χ3n) is 5.85. The Hall–Kier alpha value is -2.47. The summed E-state index contributed by atoms with van der Waals surface area (Å²) < 4.78 is 82.1. The van der Waals surface area contributed by atoms with Gasteiger partial charge in [-0.3, -0.25) is 9.69 Å². The van der Waals surface area contributed by atoms with Gasteiger partial charge in [-0.2, -0.15) is 26.3 Å². The molecule has 1 aliphatic rings. The van der Waals surface area contributed by atoms with Crippen molar-refractivity contribution in [2.45, 2.75) is 69.9 Å². The minimum atomic E-state index is -4.48. The van der Waals surface area contributed by atoms with Crippen LogP contribution in [0, 0.1) is 17.8 Å². The van der Waals surface area contributed by atoms with Crippen molar-refractivity contribution >= 4 is 5.97 Å². The van der Waals surface area contributed by atoms with Crippen LogP contribution in [0.3, 0.4) is 0 Å². The van der Waals surface area contributed by atoms with Crippen LogP contribution < -0.4 is 0 Å². The summed E-state index contributed by atoms with van der Waals surface area (Å²) in [5.41, 5.74) is 0.376. The third kappa shape index (κ3) is 8.71. The molecule has 1 fully saturated rings. The number of halogens is 6. The lowest BCUT2D eigenvalue weighted by molar-refractivity contribution is -0.142. The van der Waals surface area contributed by atoms with Gasteiger partial charge >= 0.3 is 18.3 Å². The topological polar surface area (TPSA) is 29.5 Å². The van der Waals surface area contributed by atoms with E-state index < -0.39 is 36.4 Å². The number of methoxy groups -OCH3 is 1. The van der Waals surface area contributed by atoms with Gasteiger partial charge in [0, 0.05) is 25.4 Å². The Labute approximate surface area is 196 Å². The molecular weight excluding hydrogens is 460 g/mol. The molecule has 1 heterocycles. The summed E-state index contributed by atoms with van der Waals surface area (Å²) in [5.74, 6) is 5.42. The van der Waals surface area contributed by atoms with Crippen LogP contribution in [-0.4, -0.2) is 36.7 Å². The van der Waals surface area contributed by atoms with Crippen molar-refractivity contribution in [2.24, 2.45) is 5.92 Å². The molecule has 0 saturated carbocycles. The number of alkyl halides is 6. The van der Waals surface area contributed by atoms with E-state index >= 15 is 0 Å². The zero-order valence-corrected chi connectivity index (χ0v) is 19.2. The van der Waals surface area contributed by atoms with Crippen LogP contribution in [-0.2, 0) is 15.7 Å². The van der Waals surface area contributed by atoms with Gasteiger partial charge in [0.2, 0.25) is 0 Å². The first kappa shape index (κ1) is 27.8. The Kier molecular flexibility index (Phi) is 9.63. The van der Waals surface area contributed by atoms with Gasteiger partial charge in [-0.25, -0.2) is 0 Å². The van der Waals surface area contributed by atoms with E-state index in [0.29, 0.717) is 30.5 Å². The van der Waals surface area contributed by atoms with Gasteiger partial charge in [-0.1, -0.05) is 30.6 Å². The molecule has 2 rings (SSSR count). The van der Waals surface area contributed by atoms with Gasteiger partial charge in [0.1, 0.15) is 0 Å². The molecule has 0 aliphatic carbocycles. The smallest absolute Gasteiger partial charge is 0.416 e. The molecule has 0 radical (unpaired) electrons. The SMILES string of the molecule is C=C(C)C#C[C@H](CCCC(F)(F)F)N1CC[C@@H](CC(=O)OC)C[C@H]1c1ccc(C(F)(F)F)cc1. The number of carbonyl (C=O) groups is 1. The lowest BCUT2D eigenvalue weighted by Gasteiger charge is -2.42. The monoisotopic (exact) mass is 489 g/mol. The quantitative estimate of drug-likeness (QED) is 0.242. The lowest BCUT2D eigenvalue weighted by atomic mass is 9.83. The van der Waals surface area contributed by atoms with Crippen molar-refractivity contribution in [3.8, 4) is 11.8 Å². The van der Waals surface area contributed by atoms with Crippen molar-refractivity contribution in [1.82, 2.24) is 4.90 Å². The second-order valence-corrected chi connectivity index (χ2v) is 8.62. The number of esters is 1. The average molecular weight is 490 g/mol.